The lowest BCUT2D eigenvalue weighted by atomic mass is 10.2. The van der Waals surface area contributed by atoms with Crippen LogP contribution in [0.2, 0.25) is 0 Å². The van der Waals surface area contributed by atoms with E-state index in [0.717, 1.165) is 26.1 Å². The maximum Gasteiger partial charge on any atom is 0.265 e. The van der Waals surface area contributed by atoms with Crippen LogP contribution >= 0.6 is 11.3 Å². The standard InChI is InChI=1S/C15H16FN3OS/c16-12-5-2-1-4-11(12)14-18-10-13(21-14)15(20)19-8-3-6-17-7-9-19/h1-2,4-5,10,17H,3,6-9H2. The van der Waals surface area contributed by atoms with Crippen molar-refractivity contribution in [3.63, 3.8) is 0 Å². The van der Waals surface area contributed by atoms with E-state index in [0.29, 0.717) is 22.0 Å². The Morgan fingerprint density at radius 3 is 3.00 bits per heavy atom. The minimum Gasteiger partial charge on any atom is -0.337 e. The number of nitrogens with one attached hydrogen (secondary N) is 1. The summed E-state index contributed by atoms with van der Waals surface area (Å²) in [5, 5.41) is 3.81. The average molecular weight is 305 g/mol. The Morgan fingerprint density at radius 1 is 1.29 bits per heavy atom. The number of benzene rings is 1. The molecule has 4 nitrogen and oxygen atoms in total. The normalized spacial score (nSPS) is 15.8. The highest BCUT2D eigenvalue weighted by molar-refractivity contribution is 7.16. The average Bonchev–Trinajstić information content (AvgIpc) is 2.82. The second kappa shape index (κ2) is 6.32. The molecule has 0 unspecified atom stereocenters. The summed E-state index contributed by atoms with van der Waals surface area (Å²) >= 11 is 1.25. The molecule has 2 heterocycles. The molecule has 1 aromatic heterocycles. The summed E-state index contributed by atoms with van der Waals surface area (Å²) in [5.41, 5.74) is 0.444. The smallest absolute Gasteiger partial charge is 0.265 e. The third kappa shape index (κ3) is 3.11. The van der Waals surface area contributed by atoms with Crippen molar-refractivity contribution in [1.29, 1.82) is 0 Å². The van der Waals surface area contributed by atoms with Crippen molar-refractivity contribution in [2.24, 2.45) is 0 Å². The Balaban J connectivity index is 1.81. The van der Waals surface area contributed by atoms with E-state index in [1.807, 2.05) is 4.90 Å². The van der Waals surface area contributed by atoms with E-state index in [1.165, 1.54) is 17.4 Å². The van der Waals surface area contributed by atoms with E-state index >= 15 is 0 Å². The van der Waals surface area contributed by atoms with E-state index in [1.54, 1.807) is 24.4 Å². The summed E-state index contributed by atoms with van der Waals surface area (Å²) in [6.07, 6.45) is 2.50. The number of hydrogen-bond donors (Lipinski definition) is 1. The molecule has 1 aliphatic rings. The lowest BCUT2D eigenvalue weighted by Gasteiger charge is -2.18. The van der Waals surface area contributed by atoms with Crippen LogP contribution in [0.3, 0.4) is 0 Å². The molecule has 1 saturated heterocycles. The van der Waals surface area contributed by atoms with E-state index < -0.39 is 0 Å². The van der Waals surface area contributed by atoms with Crippen molar-refractivity contribution in [2.45, 2.75) is 6.42 Å². The zero-order valence-electron chi connectivity index (χ0n) is 11.5. The molecule has 2 aromatic rings. The fraction of sp³-hybridized carbons (Fsp3) is 0.333. The molecule has 3 rings (SSSR count). The van der Waals surface area contributed by atoms with Gasteiger partial charge in [-0.15, -0.1) is 11.3 Å². The Morgan fingerprint density at radius 2 is 2.14 bits per heavy atom. The molecule has 0 aliphatic carbocycles. The molecule has 6 heteroatoms. The van der Waals surface area contributed by atoms with Crippen molar-refractivity contribution in [1.82, 2.24) is 15.2 Å². The molecule has 1 aliphatic heterocycles. The van der Waals surface area contributed by atoms with Crippen LogP contribution in [0.5, 0.6) is 0 Å². The van der Waals surface area contributed by atoms with Gasteiger partial charge in [0.15, 0.2) is 0 Å². The highest BCUT2D eigenvalue weighted by Crippen LogP contribution is 2.28. The lowest BCUT2D eigenvalue weighted by molar-refractivity contribution is 0.0771. The molecule has 0 saturated carbocycles. The second-order valence-corrected chi connectivity index (χ2v) is 5.94. The molecule has 0 bridgehead atoms. The van der Waals surface area contributed by atoms with Gasteiger partial charge in [-0.1, -0.05) is 12.1 Å². The Labute approximate surface area is 126 Å². The predicted octanol–water partition coefficient (Wildman–Crippen LogP) is 2.38. The number of nitrogens with zero attached hydrogens (tertiary/aromatic N) is 2. The highest BCUT2D eigenvalue weighted by atomic mass is 32.1. The summed E-state index contributed by atoms with van der Waals surface area (Å²) < 4.78 is 13.8. The van der Waals surface area contributed by atoms with E-state index in [-0.39, 0.29) is 11.7 Å². The lowest BCUT2D eigenvalue weighted by Crippen LogP contribution is -2.33. The van der Waals surface area contributed by atoms with E-state index in [9.17, 15) is 9.18 Å². The fourth-order valence-electron chi connectivity index (χ4n) is 2.34. The third-order valence-corrected chi connectivity index (χ3v) is 4.47. The number of halogens is 1. The zero-order valence-corrected chi connectivity index (χ0v) is 12.3. The van der Waals surface area contributed by atoms with E-state index in [4.69, 9.17) is 0 Å². The van der Waals surface area contributed by atoms with Gasteiger partial charge in [0, 0.05) is 25.2 Å². The summed E-state index contributed by atoms with van der Waals surface area (Å²) in [5.74, 6) is -0.330. The van der Waals surface area contributed by atoms with Crippen LogP contribution in [0.15, 0.2) is 30.5 Å². The van der Waals surface area contributed by atoms with Crippen molar-refractivity contribution in [2.75, 3.05) is 26.2 Å². The topological polar surface area (TPSA) is 45.2 Å². The first-order valence-electron chi connectivity index (χ1n) is 6.96. The molecule has 110 valence electrons. The quantitative estimate of drug-likeness (QED) is 0.926. The van der Waals surface area contributed by atoms with Crippen LogP contribution < -0.4 is 5.32 Å². The van der Waals surface area contributed by atoms with Gasteiger partial charge in [0.2, 0.25) is 0 Å². The first kappa shape index (κ1) is 14.2. The van der Waals surface area contributed by atoms with Gasteiger partial charge in [0.1, 0.15) is 15.7 Å². The molecular formula is C15H16FN3OS. The van der Waals surface area contributed by atoms with Gasteiger partial charge >= 0.3 is 0 Å². The van der Waals surface area contributed by atoms with Crippen molar-refractivity contribution in [3.05, 3.63) is 41.2 Å². The minimum absolute atomic E-state index is 0.0150. The first-order chi connectivity index (χ1) is 10.3. The SMILES string of the molecule is O=C(c1cnc(-c2ccccc2F)s1)N1CCCNCC1. The molecule has 1 fully saturated rings. The van der Waals surface area contributed by atoms with Gasteiger partial charge in [-0.2, -0.15) is 0 Å². The molecule has 1 N–H and O–H groups in total. The monoisotopic (exact) mass is 305 g/mol. The van der Waals surface area contributed by atoms with Crippen LogP contribution in [0, 0.1) is 5.82 Å². The van der Waals surface area contributed by atoms with Crippen LogP contribution in [0.25, 0.3) is 10.6 Å². The molecule has 0 atom stereocenters. The molecule has 0 spiro atoms. The van der Waals surface area contributed by atoms with Crippen molar-refractivity contribution in [3.8, 4) is 10.6 Å². The zero-order chi connectivity index (χ0) is 14.7. The number of hydrogen-bond acceptors (Lipinski definition) is 4. The molecule has 1 aromatic carbocycles. The highest BCUT2D eigenvalue weighted by Gasteiger charge is 2.20. The largest absolute Gasteiger partial charge is 0.337 e. The van der Waals surface area contributed by atoms with Gasteiger partial charge in [0.05, 0.1) is 6.20 Å². The molecule has 21 heavy (non-hydrogen) atoms. The Hall–Kier alpha value is -1.79. The maximum absolute atomic E-state index is 13.8. The predicted molar refractivity (Wildman–Crippen MR) is 80.9 cm³/mol. The van der Waals surface area contributed by atoms with Gasteiger partial charge in [0.25, 0.3) is 5.91 Å². The third-order valence-electron chi connectivity index (χ3n) is 3.45. The number of thiazole rings is 1. The second-order valence-electron chi connectivity index (χ2n) is 4.91. The van der Waals surface area contributed by atoms with Crippen molar-refractivity contribution < 1.29 is 9.18 Å². The molecule has 0 radical (unpaired) electrons. The Bertz CT molecular complexity index is 635. The van der Waals surface area contributed by atoms with E-state index in [2.05, 4.69) is 10.3 Å². The minimum atomic E-state index is -0.315. The van der Waals surface area contributed by atoms with Gasteiger partial charge in [-0.3, -0.25) is 4.79 Å². The summed E-state index contributed by atoms with van der Waals surface area (Å²) in [7, 11) is 0. The van der Waals surface area contributed by atoms with Crippen molar-refractivity contribution >= 4 is 17.2 Å². The van der Waals surface area contributed by atoms with Crippen LogP contribution in [-0.4, -0.2) is 42.0 Å². The van der Waals surface area contributed by atoms with Crippen LogP contribution in [0.1, 0.15) is 16.1 Å². The van der Waals surface area contributed by atoms with Crippen LogP contribution in [-0.2, 0) is 0 Å². The number of amides is 1. The first-order valence-corrected chi connectivity index (χ1v) is 7.78. The van der Waals surface area contributed by atoms with Gasteiger partial charge in [-0.25, -0.2) is 9.37 Å². The molecular weight excluding hydrogens is 289 g/mol. The fourth-order valence-corrected chi connectivity index (χ4v) is 3.25. The number of carbonyl (C=O) groups excluding carboxylic acids is 1. The summed E-state index contributed by atoms with van der Waals surface area (Å²) in [4.78, 5) is 19.1. The Kier molecular flexibility index (Phi) is 4.26. The summed E-state index contributed by atoms with van der Waals surface area (Å²) in [6.45, 7) is 3.20. The van der Waals surface area contributed by atoms with Crippen LogP contribution in [0.4, 0.5) is 4.39 Å². The number of rotatable bonds is 2. The number of carbonyl (C=O) groups is 1. The maximum atomic E-state index is 13.8. The molecule has 1 amide bonds. The summed E-state index contributed by atoms with van der Waals surface area (Å²) in [6, 6.07) is 6.49. The van der Waals surface area contributed by atoms with Gasteiger partial charge in [-0.05, 0) is 25.1 Å². The van der Waals surface area contributed by atoms with Gasteiger partial charge < -0.3 is 10.2 Å². The number of aromatic nitrogens is 1.